The predicted octanol–water partition coefficient (Wildman–Crippen LogP) is 1.60. The van der Waals surface area contributed by atoms with Gasteiger partial charge in [0.05, 0.1) is 30.3 Å². The molecule has 1 fully saturated rings. The molecule has 0 aliphatic carbocycles. The number of sulfonamides is 1. The lowest BCUT2D eigenvalue weighted by molar-refractivity contribution is -0.122. The number of morpholine rings is 1. The Hall–Kier alpha value is -3.12. The number of hydrogen-bond donors (Lipinski definition) is 1. The molecule has 1 saturated heterocycles. The number of ether oxygens (including phenoxy) is 1. The number of amides is 1. The van der Waals surface area contributed by atoms with E-state index in [1.54, 1.807) is 35.3 Å². The van der Waals surface area contributed by atoms with Crippen LogP contribution in [0.15, 0.2) is 66.1 Å². The standard InChI is InChI=1S/C24H30N6O4S/c1-19(21-5-7-22(8-6-21)30-18-25-17-27-30)28(2)16-24(31)26-15-20-3-9-23(10-4-20)35(32,33)29-11-13-34-14-12-29/h3-10,17-19H,11-16H2,1-2H3,(H,26,31)/t19-/m0/s1. The van der Waals surface area contributed by atoms with E-state index in [0.717, 1.165) is 16.8 Å². The number of likely N-dealkylation sites (N-methyl/N-ethyl adjacent to an activating group) is 1. The quantitative estimate of drug-likeness (QED) is 0.477. The molecular weight excluding hydrogens is 468 g/mol. The van der Waals surface area contributed by atoms with Gasteiger partial charge >= 0.3 is 0 Å². The molecule has 1 aromatic heterocycles. The highest BCUT2D eigenvalue weighted by atomic mass is 32.2. The smallest absolute Gasteiger partial charge is 0.243 e. The molecule has 1 amide bonds. The third-order valence-corrected chi connectivity index (χ3v) is 8.05. The Labute approximate surface area is 205 Å². The topological polar surface area (TPSA) is 110 Å². The Morgan fingerprint density at radius 3 is 2.43 bits per heavy atom. The van der Waals surface area contributed by atoms with Gasteiger partial charge in [-0.1, -0.05) is 24.3 Å². The number of rotatable bonds is 9. The third-order valence-electron chi connectivity index (χ3n) is 6.13. The van der Waals surface area contributed by atoms with Crippen LogP contribution in [-0.2, 0) is 26.1 Å². The first kappa shape index (κ1) is 25.0. The maximum atomic E-state index is 12.7. The van der Waals surface area contributed by atoms with Crippen molar-refractivity contribution in [1.82, 2.24) is 29.3 Å². The average Bonchev–Trinajstić information content (AvgIpc) is 3.43. The van der Waals surface area contributed by atoms with E-state index in [1.807, 2.05) is 43.1 Å². The monoisotopic (exact) mass is 498 g/mol. The molecular formula is C24H30N6O4S. The van der Waals surface area contributed by atoms with Crippen molar-refractivity contribution in [2.45, 2.75) is 24.4 Å². The second-order valence-electron chi connectivity index (χ2n) is 8.46. The molecule has 0 unspecified atom stereocenters. The van der Waals surface area contributed by atoms with E-state index in [2.05, 4.69) is 15.4 Å². The lowest BCUT2D eigenvalue weighted by atomic mass is 10.1. The maximum Gasteiger partial charge on any atom is 0.243 e. The van der Waals surface area contributed by atoms with Gasteiger partial charge in [0.1, 0.15) is 12.7 Å². The molecule has 3 aromatic rings. The van der Waals surface area contributed by atoms with Crippen molar-refractivity contribution >= 4 is 15.9 Å². The molecule has 0 bridgehead atoms. The van der Waals surface area contributed by atoms with Gasteiger partial charge in [0.15, 0.2) is 0 Å². The first-order valence-electron chi connectivity index (χ1n) is 11.4. The molecule has 10 nitrogen and oxygen atoms in total. The summed E-state index contributed by atoms with van der Waals surface area (Å²) in [7, 11) is -1.62. The van der Waals surface area contributed by atoms with Crippen molar-refractivity contribution in [3.05, 3.63) is 72.3 Å². The summed E-state index contributed by atoms with van der Waals surface area (Å²) in [6.07, 6.45) is 3.14. The number of nitrogens with one attached hydrogen (secondary N) is 1. The van der Waals surface area contributed by atoms with Crippen LogP contribution in [0.25, 0.3) is 5.69 Å². The van der Waals surface area contributed by atoms with Crippen LogP contribution < -0.4 is 5.32 Å². The zero-order valence-electron chi connectivity index (χ0n) is 19.9. The summed E-state index contributed by atoms with van der Waals surface area (Å²) in [5, 5.41) is 7.03. The Morgan fingerprint density at radius 2 is 1.80 bits per heavy atom. The molecule has 2 aromatic carbocycles. The zero-order chi connectivity index (χ0) is 24.8. The summed E-state index contributed by atoms with van der Waals surface area (Å²) in [5.41, 5.74) is 2.84. The fourth-order valence-corrected chi connectivity index (χ4v) is 5.24. The number of hydrogen-bond acceptors (Lipinski definition) is 7. The number of aromatic nitrogens is 3. The van der Waals surface area contributed by atoms with Gasteiger partial charge in [-0.05, 0) is 49.4 Å². The third kappa shape index (κ3) is 6.12. The second-order valence-corrected chi connectivity index (χ2v) is 10.4. The largest absolute Gasteiger partial charge is 0.379 e. The second kappa shape index (κ2) is 11.1. The van der Waals surface area contributed by atoms with E-state index in [0.29, 0.717) is 32.8 Å². The van der Waals surface area contributed by atoms with Gasteiger partial charge in [-0.3, -0.25) is 9.69 Å². The van der Waals surface area contributed by atoms with Crippen LogP contribution in [0.3, 0.4) is 0 Å². The maximum absolute atomic E-state index is 12.7. The summed E-state index contributed by atoms with van der Waals surface area (Å²) in [6.45, 7) is 4.14. The summed E-state index contributed by atoms with van der Waals surface area (Å²) >= 11 is 0. The van der Waals surface area contributed by atoms with E-state index in [-0.39, 0.29) is 23.4 Å². The van der Waals surface area contributed by atoms with Crippen LogP contribution >= 0.6 is 0 Å². The van der Waals surface area contributed by atoms with Gasteiger partial charge in [0, 0.05) is 25.7 Å². The minimum absolute atomic E-state index is 0.0372. The van der Waals surface area contributed by atoms with E-state index >= 15 is 0 Å². The summed E-state index contributed by atoms with van der Waals surface area (Å²) in [4.78, 5) is 18.7. The molecule has 186 valence electrons. The van der Waals surface area contributed by atoms with Crippen LogP contribution in [0.5, 0.6) is 0 Å². The number of carbonyl (C=O) groups excluding carboxylic acids is 1. The molecule has 0 saturated carbocycles. The number of carbonyl (C=O) groups is 1. The first-order valence-corrected chi connectivity index (χ1v) is 12.9. The van der Waals surface area contributed by atoms with E-state index in [9.17, 15) is 13.2 Å². The summed E-state index contributed by atoms with van der Waals surface area (Å²) in [5.74, 6) is -0.108. The van der Waals surface area contributed by atoms with Crippen molar-refractivity contribution in [3.8, 4) is 5.69 Å². The van der Waals surface area contributed by atoms with Crippen LogP contribution in [0, 0.1) is 0 Å². The molecule has 1 N–H and O–H groups in total. The molecule has 0 spiro atoms. The van der Waals surface area contributed by atoms with Crippen LogP contribution in [0.4, 0.5) is 0 Å². The minimum atomic E-state index is -3.53. The molecule has 1 atom stereocenters. The fourth-order valence-electron chi connectivity index (χ4n) is 3.84. The normalized spacial score (nSPS) is 15.7. The molecule has 11 heteroatoms. The fraction of sp³-hybridized carbons (Fsp3) is 0.375. The van der Waals surface area contributed by atoms with Crippen molar-refractivity contribution < 1.29 is 17.9 Å². The van der Waals surface area contributed by atoms with E-state index in [1.165, 1.54) is 10.6 Å². The van der Waals surface area contributed by atoms with Crippen molar-refractivity contribution in [2.24, 2.45) is 0 Å². The van der Waals surface area contributed by atoms with Gasteiger partial charge in [-0.2, -0.15) is 9.40 Å². The number of benzene rings is 2. The molecule has 2 heterocycles. The van der Waals surface area contributed by atoms with Crippen molar-refractivity contribution in [2.75, 3.05) is 39.9 Å². The lowest BCUT2D eigenvalue weighted by Crippen LogP contribution is -2.40. The predicted molar refractivity (Wildman–Crippen MR) is 130 cm³/mol. The van der Waals surface area contributed by atoms with Gasteiger partial charge in [0.25, 0.3) is 0 Å². The lowest BCUT2D eigenvalue weighted by Gasteiger charge is -2.26. The van der Waals surface area contributed by atoms with Crippen LogP contribution in [0.2, 0.25) is 0 Å². The highest BCUT2D eigenvalue weighted by Crippen LogP contribution is 2.20. The average molecular weight is 499 g/mol. The molecule has 35 heavy (non-hydrogen) atoms. The van der Waals surface area contributed by atoms with E-state index < -0.39 is 10.0 Å². The highest BCUT2D eigenvalue weighted by Gasteiger charge is 2.26. The van der Waals surface area contributed by atoms with Crippen LogP contribution in [0.1, 0.15) is 24.1 Å². The van der Waals surface area contributed by atoms with Crippen LogP contribution in [-0.4, -0.2) is 78.2 Å². The van der Waals surface area contributed by atoms with E-state index in [4.69, 9.17) is 4.74 Å². The molecule has 1 aliphatic rings. The Balaban J connectivity index is 1.27. The molecule has 1 aliphatic heterocycles. The SMILES string of the molecule is C[C@@H](c1ccc(-n2cncn2)cc1)N(C)CC(=O)NCc1ccc(S(=O)(=O)N2CCOCC2)cc1. The molecule has 0 radical (unpaired) electrons. The van der Waals surface area contributed by atoms with Gasteiger partial charge in [0.2, 0.25) is 15.9 Å². The summed E-state index contributed by atoms with van der Waals surface area (Å²) in [6, 6.07) is 14.6. The Morgan fingerprint density at radius 1 is 1.11 bits per heavy atom. The summed E-state index contributed by atoms with van der Waals surface area (Å²) < 4.78 is 33.8. The Bertz CT molecular complexity index is 1210. The highest BCUT2D eigenvalue weighted by molar-refractivity contribution is 7.89. The van der Waals surface area contributed by atoms with Gasteiger partial charge < -0.3 is 10.1 Å². The minimum Gasteiger partial charge on any atom is -0.379 e. The van der Waals surface area contributed by atoms with Gasteiger partial charge in [-0.25, -0.2) is 18.1 Å². The zero-order valence-corrected chi connectivity index (χ0v) is 20.7. The van der Waals surface area contributed by atoms with Crippen molar-refractivity contribution in [1.29, 1.82) is 0 Å². The van der Waals surface area contributed by atoms with Gasteiger partial charge in [-0.15, -0.1) is 0 Å². The van der Waals surface area contributed by atoms with Crippen molar-refractivity contribution in [3.63, 3.8) is 0 Å². The Kier molecular flexibility index (Phi) is 7.91. The first-order chi connectivity index (χ1) is 16.8. The molecule has 4 rings (SSSR count). The number of nitrogens with zero attached hydrogens (tertiary/aromatic N) is 5.